The van der Waals surface area contributed by atoms with Crippen molar-refractivity contribution in [3.8, 4) is 11.5 Å². The van der Waals surface area contributed by atoms with Gasteiger partial charge in [0.05, 0.1) is 10.4 Å². The summed E-state index contributed by atoms with van der Waals surface area (Å²) >= 11 is 16.3. The van der Waals surface area contributed by atoms with Gasteiger partial charge in [-0.05, 0) is 45.3 Å². The van der Waals surface area contributed by atoms with Crippen LogP contribution in [-0.4, -0.2) is 13.2 Å². The second-order valence-corrected chi connectivity index (χ2v) is 6.08. The maximum Gasteiger partial charge on any atom is 0.161 e. The van der Waals surface area contributed by atoms with Crippen LogP contribution in [0.15, 0.2) is 40.9 Å². The molecule has 0 saturated heterocycles. The highest BCUT2D eigenvalue weighted by molar-refractivity contribution is 9.10. The maximum absolute atomic E-state index is 6.55. The maximum atomic E-state index is 6.55. The van der Waals surface area contributed by atoms with E-state index in [1.165, 1.54) is 0 Å². The van der Waals surface area contributed by atoms with Crippen LogP contribution in [0.5, 0.6) is 11.5 Å². The van der Waals surface area contributed by atoms with Gasteiger partial charge in [-0.3, -0.25) is 0 Å². The molecular weight excluding hydrogens is 363 g/mol. The molecule has 1 aliphatic heterocycles. The van der Waals surface area contributed by atoms with Crippen molar-refractivity contribution < 1.29 is 9.47 Å². The second kappa shape index (κ2) is 5.84. The SMILES string of the molecule is Clc1c(Br)cccc1C(Cl)c1ccc2c(c1)OCCO2. The average Bonchev–Trinajstić information content (AvgIpc) is 2.49. The van der Waals surface area contributed by atoms with Gasteiger partial charge in [0, 0.05) is 4.47 Å². The smallest absolute Gasteiger partial charge is 0.161 e. The lowest BCUT2D eigenvalue weighted by Crippen LogP contribution is -2.15. The fourth-order valence-corrected chi connectivity index (χ4v) is 3.10. The highest BCUT2D eigenvalue weighted by Gasteiger charge is 2.19. The first-order valence-electron chi connectivity index (χ1n) is 6.14. The van der Waals surface area contributed by atoms with Gasteiger partial charge in [0.25, 0.3) is 0 Å². The summed E-state index contributed by atoms with van der Waals surface area (Å²) in [5, 5.41) is 0.290. The third kappa shape index (κ3) is 2.62. The minimum atomic E-state index is -0.337. The molecule has 0 radical (unpaired) electrons. The molecule has 2 aromatic carbocycles. The molecule has 0 fully saturated rings. The summed E-state index contributed by atoms with van der Waals surface area (Å²) in [6, 6.07) is 11.4. The van der Waals surface area contributed by atoms with Crippen LogP contribution >= 0.6 is 39.1 Å². The molecule has 1 aliphatic rings. The summed E-state index contributed by atoms with van der Waals surface area (Å²) in [4.78, 5) is 0. The molecule has 0 bridgehead atoms. The first-order valence-corrected chi connectivity index (χ1v) is 7.75. The zero-order chi connectivity index (χ0) is 14.1. The molecule has 2 aromatic rings. The van der Waals surface area contributed by atoms with E-state index in [0.29, 0.717) is 18.2 Å². The number of alkyl halides is 1. The van der Waals surface area contributed by atoms with E-state index < -0.39 is 0 Å². The van der Waals surface area contributed by atoms with Gasteiger partial charge in [0.1, 0.15) is 13.2 Å². The molecule has 5 heteroatoms. The molecule has 0 N–H and O–H groups in total. The molecule has 0 saturated carbocycles. The number of benzene rings is 2. The highest BCUT2D eigenvalue weighted by Crippen LogP contribution is 2.40. The largest absolute Gasteiger partial charge is 0.486 e. The Morgan fingerprint density at radius 3 is 2.60 bits per heavy atom. The summed E-state index contributed by atoms with van der Waals surface area (Å²) in [5.41, 5.74) is 1.79. The monoisotopic (exact) mass is 372 g/mol. The summed E-state index contributed by atoms with van der Waals surface area (Å²) < 4.78 is 11.9. The first-order chi connectivity index (χ1) is 9.66. The lowest BCUT2D eigenvalue weighted by molar-refractivity contribution is 0.171. The second-order valence-electron chi connectivity index (χ2n) is 4.41. The summed E-state index contributed by atoms with van der Waals surface area (Å²) in [6.45, 7) is 1.13. The van der Waals surface area contributed by atoms with Gasteiger partial charge in [-0.15, -0.1) is 11.6 Å². The average molecular weight is 374 g/mol. The third-order valence-electron chi connectivity index (χ3n) is 3.11. The molecule has 0 aromatic heterocycles. The van der Waals surface area contributed by atoms with Crippen LogP contribution in [0.1, 0.15) is 16.5 Å². The van der Waals surface area contributed by atoms with E-state index in [4.69, 9.17) is 32.7 Å². The van der Waals surface area contributed by atoms with Crippen LogP contribution in [0.2, 0.25) is 5.02 Å². The molecule has 3 rings (SSSR count). The number of fused-ring (bicyclic) bond motifs is 1. The standard InChI is InChI=1S/C15H11BrCl2O2/c16-11-3-1-2-10(15(11)18)14(17)9-4-5-12-13(8-9)20-7-6-19-12/h1-5,8,14H,6-7H2. The quantitative estimate of drug-likeness (QED) is 0.673. The van der Waals surface area contributed by atoms with E-state index in [1.54, 1.807) is 0 Å². The van der Waals surface area contributed by atoms with Gasteiger partial charge in [0.2, 0.25) is 0 Å². The van der Waals surface area contributed by atoms with Crippen LogP contribution in [0.3, 0.4) is 0 Å². The van der Waals surface area contributed by atoms with Crippen molar-refractivity contribution in [3.05, 3.63) is 57.0 Å². The summed E-state index contributed by atoms with van der Waals surface area (Å²) in [5.74, 6) is 1.48. The normalized spacial score (nSPS) is 14.9. The van der Waals surface area contributed by atoms with E-state index in [-0.39, 0.29) is 5.38 Å². The van der Waals surface area contributed by atoms with Crippen LogP contribution in [0, 0.1) is 0 Å². The van der Waals surface area contributed by atoms with E-state index in [0.717, 1.165) is 27.1 Å². The van der Waals surface area contributed by atoms with Crippen molar-refractivity contribution >= 4 is 39.1 Å². The zero-order valence-corrected chi connectivity index (χ0v) is 13.5. The Hall–Kier alpha value is -0.900. The van der Waals surface area contributed by atoms with Crippen LogP contribution in [0.4, 0.5) is 0 Å². The van der Waals surface area contributed by atoms with Gasteiger partial charge < -0.3 is 9.47 Å². The lowest BCUT2D eigenvalue weighted by atomic mass is 10.0. The molecule has 0 spiro atoms. The van der Waals surface area contributed by atoms with Gasteiger partial charge in [-0.2, -0.15) is 0 Å². The van der Waals surface area contributed by atoms with Gasteiger partial charge in [-0.1, -0.05) is 29.8 Å². The summed E-state index contributed by atoms with van der Waals surface area (Å²) in [6.07, 6.45) is 0. The summed E-state index contributed by atoms with van der Waals surface area (Å²) in [7, 11) is 0. The van der Waals surface area contributed by atoms with Crippen molar-refractivity contribution in [2.24, 2.45) is 0 Å². The van der Waals surface area contributed by atoms with E-state index in [1.807, 2.05) is 36.4 Å². The Labute approximate surface area is 135 Å². The number of rotatable bonds is 2. The predicted molar refractivity (Wildman–Crippen MR) is 84.3 cm³/mol. The number of ether oxygens (including phenoxy) is 2. The zero-order valence-electron chi connectivity index (χ0n) is 10.4. The molecule has 104 valence electrons. The Morgan fingerprint density at radius 1 is 1.05 bits per heavy atom. The van der Waals surface area contributed by atoms with Crippen molar-refractivity contribution in [3.63, 3.8) is 0 Å². The molecular formula is C15H11BrCl2O2. The lowest BCUT2D eigenvalue weighted by Gasteiger charge is -2.20. The van der Waals surface area contributed by atoms with Crippen LogP contribution in [0.25, 0.3) is 0 Å². The van der Waals surface area contributed by atoms with Crippen molar-refractivity contribution in [1.29, 1.82) is 0 Å². The Balaban J connectivity index is 1.98. The third-order valence-corrected chi connectivity index (χ3v) is 4.91. The van der Waals surface area contributed by atoms with Crippen molar-refractivity contribution in [2.75, 3.05) is 13.2 Å². The van der Waals surface area contributed by atoms with Crippen LogP contribution in [-0.2, 0) is 0 Å². The Morgan fingerprint density at radius 2 is 1.80 bits per heavy atom. The minimum Gasteiger partial charge on any atom is -0.486 e. The van der Waals surface area contributed by atoms with Crippen LogP contribution < -0.4 is 9.47 Å². The number of halogens is 3. The van der Waals surface area contributed by atoms with Crippen molar-refractivity contribution in [1.82, 2.24) is 0 Å². The molecule has 1 atom stereocenters. The van der Waals surface area contributed by atoms with E-state index in [2.05, 4.69) is 15.9 Å². The highest BCUT2D eigenvalue weighted by atomic mass is 79.9. The Kier molecular flexibility index (Phi) is 4.11. The molecule has 0 amide bonds. The first kappa shape index (κ1) is 14.1. The van der Waals surface area contributed by atoms with Gasteiger partial charge >= 0.3 is 0 Å². The van der Waals surface area contributed by atoms with E-state index >= 15 is 0 Å². The van der Waals surface area contributed by atoms with Gasteiger partial charge in [-0.25, -0.2) is 0 Å². The molecule has 20 heavy (non-hydrogen) atoms. The van der Waals surface area contributed by atoms with Crippen molar-refractivity contribution in [2.45, 2.75) is 5.38 Å². The fourth-order valence-electron chi connectivity index (χ4n) is 2.11. The molecule has 2 nitrogen and oxygen atoms in total. The molecule has 0 aliphatic carbocycles. The number of hydrogen-bond donors (Lipinski definition) is 0. The minimum absolute atomic E-state index is 0.337. The topological polar surface area (TPSA) is 18.5 Å². The predicted octanol–water partition coefficient (Wildman–Crippen LogP) is 5.20. The van der Waals surface area contributed by atoms with Gasteiger partial charge in [0.15, 0.2) is 11.5 Å². The van der Waals surface area contributed by atoms with E-state index in [9.17, 15) is 0 Å². The fraction of sp³-hybridized carbons (Fsp3) is 0.200. The molecule has 1 unspecified atom stereocenters. The molecule has 1 heterocycles. The number of hydrogen-bond acceptors (Lipinski definition) is 2. The Bertz CT molecular complexity index is 646.